The van der Waals surface area contributed by atoms with E-state index in [-0.39, 0.29) is 23.4 Å². The van der Waals surface area contributed by atoms with Crippen molar-refractivity contribution in [1.29, 1.82) is 0 Å². The number of nitrogens with two attached hydrogens (primary N) is 1. The number of carbonyl (C=O) groups is 1. The Morgan fingerprint density at radius 3 is 2.42 bits per heavy atom. The quantitative estimate of drug-likeness (QED) is 0.721. The van der Waals surface area contributed by atoms with E-state index in [0.717, 1.165) is 11.3 Å². The molecule has 0 radical (unpaired) electrons. The fourth-order valence-electron chi connectivity index (χ4n) is 2.36. The summed E-state index contributed by atoms with van der Waals surface area (Å²) in [5, 5.41) is 7.91. The van der Waals surface area contributed by atoms with Crippen molar-refractivity contribution in [2.24, 2.45) is 5.14 Å². The monoisotopic (exact) mass is 376 g/mol. The summed E-state index contributed by atoms with van der Waals surface area (Å²) in [5.74, 6) is -0.106. The minimum Gasteiger partial charge on any atom is -0.351 e. The van der Waals surface area contributed by atoms with E-state index < -0.39 is 10.0 Å². The second-order valence-corrected chi connectivity index (χ2v) is 7.85. The summed E-state index contributed by atoms with van der Waals surface area (Å²) in [6, 6.07) is 12.0. The first-order chi connectivity index (χ1) is 12.3. The van der Waals surface area contributed by atoms with E-state index in [4.69, 9.17) is 5.14 Å². The van der Waals surface area contributed by atoms with Crippen LogP contribution in [0.5, 0.6) is 0 Å². The lowest BCUT2D eigenvalue weighted by Gasteiger charge is -2.25. The molecule has 1 aromatic carbocycles. The van der Waals surface area contributed by atoms with Gasteiger partial charge in [-0.05, 0) is 43.7 Å². The molecular formula is C18H24N4O3S. The summed E-state index contributed by atoms with van der Waals surface area (Å²) in [7, 11) is -3.71. The largest absolute Gasteiger partial charge is 0.351 e. The number of carbonyl (C=O) groups excluding carboxylic acids is 1. The molecule has 2 rings (SSSR count). The van der Waals surface area contributed by atoms with Crippen LogP contribution in [0.25, 0.3) is 0 Å². The zero-order valence-corrected chi connectivity index (χ0v) is 15.7. The standard InChI is InChI=1S/C18H24N4O3S/c1-14(2)22(12-16-5-3-4-10-20-16)13-18(23)21-11-15-6-8-17(9-7-15)26(19,24)25/h3-10,14H,11-13H2,1-2H3,(H,21,23)(H2,19,24,25). The zero-order valence-electron chi connectivity index (χ0n) is 14.9. The number of nitrogens with zero attached hydrogens (tertiary/aromatic N) is 2. The molecule has 0 unspecified atom stereocenters. The lowest BCUT2D eigenvalue weighted by atomic mass is 10.2. The summed E-state index contributed by atoms with van der Waals surface area (Å²) in [6.07, 6.45) is 1.74. The molecule has 0 saturated carbocycles. The third-order valence-electron chi connectivity index (χ3n) is 3.91. The fraction of sp³-hybridized carbons (Fsp3) is 0.333. The second kappa shape index (κ2) is 8.88. The van der Waals surface area contributed by atoms with Crippen LogP contribution in [0.15, 0.2) is 53.6 Å². The van der Waals surface area contributed by atoms with E-state index in [1.165, 1.54) is 12.1 Å². The van der Waals surface area contributed by atoms with Crippen LogP contribution in [0.2, 0.25) is 0 Å². The van der Waals surface area contributed by atoms with E-state index in [1.807, 2.05) is 36.9 Å². The SMILES string of the molecule is CC(C)N(CC(=O)NCc1ccc(S(N)(=O)=O)cc1)Cc1ccccn1. The summed E-state index contributed by atoms with van der Waals surface area (Å²) in [4.78, 5) is 18.6. The number of hydrogen-bond donors (Lipinski definition) is 2. The number of hydrogen-bond acceptors (Lipinski definition) is 5. The van der Waals surface area contributed by atoms with Crippen LogP contribution < -0.4 is 10.5 Å². The summed E-state index contributed by atoms with van der Waals surface area (Å²) in [6.45, 7) is 5.22. The average Bonchev–Trinajstić information content (AvgIpc) is 2.60. The van der Waals surface area contributed by atoms with E-state index >= 15 is 0 Å². The van der Waals surface area contributed by atoms with Gasteiger partial charge in [-0.3, -0.25) is 14.7 Å². The molecule has 140 valence electrons. The van der Waals surface area contributed by atoms with Crippen molar-refractivity contribution >= 4 is 15.9 Å². The predicted molar refractivity (Wildman–Crippen MR) is 99.4 cm³/mol. The molecule has 0 bridgehead atoms. The number of aromatic nitrogens is 1. The number of rotatable bonds is 8. The third kappa shape index (κ3) is 6.21. The van der Waals surface area contributed by atoms with Crippen molar-refractivity contribution < 1.29 is 13.2 Å². The van der Waals surface area contributed by atoms with Crippen LogP contribution in [0.4, 0.5) is 0 Å². The molecule has 1 heterocycles. The van der Waals surface area contributed by atoms with Crippen LogP contribution in [0.1, 0.15) is 25.1 Å². The molecule has 26 heavy (non-hydrogen) atoms. The topological polar surface area (TPSA) is 105 Å². The number of pyridine rings is 1. The maximum absolute atomic E-state index is 12.3. The zero-order chi connectivity index (χ0) is 19.2. The van der Waals surface area contributed by atoms with E-state index in [9.17, 15) is 13.2 Å². The molecule has 0 aliphatic carbocycles. The minimum absolute atomic E-state index is 0.0499. The van der Waals surface area contributed by atoms with Gasteiger partial charge in [-0.15, -0.1) is 0 Å². The minimum atomic E-state index is -3.71. The molecule has 0 aliphatic rings. The Balaban J connectivity index is 1.90. The van der Waals surface area contributed by atoms with Crippen molar-refractivity contribution in [3.63, 3.8) is 0 Å². The van der Waals surface area contributed by atoms with Crippen LogP contribution in [-0.2, 0) is 27.9 Å². The molecule has 7 nitrogen and oxygen atoms in total. The van der Waals surface area contributed by atoms with Gasteiger partial charge < -0.3 is 5.32 Å². The Kier molecular flexibility index (Phi) is 6.84. The summed E-state index contributed by atoms with van der Waals surface area (Å²) < 4.78 is 22.5. The van der Waals surface area contributed by atoms with E-state index in [2.05, 4.69) is 10.3 Å². The Bertz CT molecular complexity index is 821. The Morgan fingerprint density at radius 1 is 1.19 bits per heavy atom. The van der Waals surface area contributed by atoms with Crippen molar-refractivity contribution in [2.75, 3.05) is 6.54 Å². The number of primary sulfonamides is 1. The predicted octanol–water partition coefficient (Wildman–Crippen LogP) is 1.26. The molecule has 0 spiro atoms. The normalized spacial score (nSPS) is 11.7. The first kappa shape index (κ1) is 20.0. The van der Waals surface area contributed by atoms with Gasteiger partial charge in [0.25, 0.3) is 0 Å². The number of amides is 1. The van der Waals surface area contributed by atoms with Gasteiger partial charge in [0, 0.05) is 25.3 Å². The second-order valence-electron chi connectivity index (χ2n) is 6.29. The maximum Gasteiger partial charge on any atom is 0.238 e. The molecule has 1 aromatic heterocycles. The van der Waals surface area contributed by atoms with Crippen molar-refractivity contribution in [1.82, 2.24) is 15.2 Å². The first-order valence-corrected chi connectivity index (χ1v) is 9.83. The summed E-state index contributed by atoms with van der Waals surface area (Å²) in [5.41, 5.74) is 1.71. The van der Waals surface area contributed by atoms with Gasteiger partial charge in [-0.25, -0.2) is 13.6 Å². The fourth-order valence-corrected chi connectivity index (χ4v) is 2.87. The van der Waals surface area contributed by atoms with Gasteiger partial charge in [0.1, 0.15) is 0 Å². The molecule has 3 N–H and O–H groups in total. The molecule has 0 fully saturated rings. The summed E-state index contributed by atoms with van der Waals surface area (Å²) >= 11 is 0. The number of nitrogens with one attached hydrogen (secondary N) is 1. The smallest absolute Gasteiger partial charge is 0.238 e. The molecule has 0 aliphatic heterocycles. The Labute approximate surface area is 154 Å². The van der Waals surface area contributed by atoms with E-state index in [0.29, 0.717) is 13.1 Å². The van der Waals surface area contributed by atoms with Crippen LogP contribution in [0.3, 0.4) is 0 Å². The maximum atomic E-state index is 12.3. The Morgan fingerprint density at radius 2 is 1.88 bits per heavy atom. The molecule has 8 heteroatoms. The average molecular weight is 376 g/mol. The number of benzene rings is 1. The molecular weight excluding hydrogens is 352 g/mol. The first-order valence-electron chi connectivity index (χ1n) is 8.28. The van der Waals surface area contributed by atoms with Crippen LogP contribution in [-0.4, -0.2) is 36.8 Å². The molecule has 1 amide bonds. The van der Waals surface area contributed by atoms with Crippen molar-refractivity contribution in [2.45, 2.75) is 37.9 Å². The highest BCUT2D eigenvalue weighted by molar-refractivity contribution is 7.89. The van der Waals surface area contributed by atoms with Gasteiger partial charge in [-0.2, -0.15) is 0 Å². The third-order valence-corrected chi connectivity index (χ3v) is 4.84. The van der Waals surface area contributed by atoms with Gasteiger partial charge in [0.2, 0.25) is 15.9 Å². The highest BCUT2D eigenvalue weighted by Crippen LogP contribution is 2.09. The van der Waals surface area contributed by atoms with Gasteiger partial charge in [-0.1, -0.05) is 18.2 Å². The van der Waals surface area contributed by atoms with Crippen LogP contribution in [0, 0.1) is 0 Å². The number of sulfonamides is 1. The van der Waals surface area contributed by atoms with Gasteiger partial charge in [0.15, 0.2) is 0 Å². The lowest BCUT2D eigenvalue weighted by molar-refractivity contribution is -0.123. The highest BCUT2D eigenvalue weighted by Gasteiger charge is 2.15. The van der Waals surface area contributed by atoms with Crippen molar-refractivity contribution in [3.05, 3.63) is 59.9 Å². The highest BCUT2D eigenvalue weighted by atomic mass is 32.2. The van der Waals surface area contributed by atoms with Gasteiger partial charge >= 0.3 is 0 Å². The van der Waals surface area contributed by atoms with E-state index in [1.54, 1.807) is 18.3 Å². The van der Waals surface area contributed by atoms with Gasteiger partial charge in [0.05, 0.1) is 17.1 Å². The van der Waals surface area contributed by atoms with Crippen molar-refractivity contribution in [3.8, 4) is 0 Å². The molecule has 2 aromatic rings. The lowest BCUT2D eigenvalue weighted by Crippen LogP contribution is -2.40. The molecule has 0 atom stereocenters. The Hall–Kier alpha value is -2.29. The van der Waals surface area contributed by atoms with Crippen LogP contribution >= 0.6 is 0 Å². The molecule has 0 saturated heterocycles.